The van der Waals surface area contributed by atoms with E-state index in [1.807, 2.05) is 38.1 Å². The number of H-pyrrole nitrogens is 2. The molecule has 1 fully saturated rings. The van der Waals surface area contributed by atoms with E-state index in [-0.39, 0.29) is 17.1 Å². The number of benzene rings is 1. The second-order valence-electron chi connectivity index (χ2n) is 6.86. The van der Waals surface area contributed by atoms with Gasteiger partial charge in [0.1, 0.15) is 11.4 Å². The Kier molecular flexibility index (Phi) is 4.58. The summed E-state index contributed by atoms with van der Waals surface area (Å²) in [4.78, 5) is 43.9. The zero-order valence-electron chi connectivity index (χ0n) is 15.0. The van der Waals surface area contributed by atoms with Gasteiger partial charge in [-0.25, -0.2) is 4.79 Å². The number of nitrogens with zero attached hydrogens (tertiary/aromatic N) is 2. The number of aromatic nitrogens is 2. The smallest absolute Gasteiger partial charge is 0.326 e. The first-order valence-electron chi connectivity index (χ1n) is 8.35. The molecule has 2 N–H and O–H groups in total. The highest BCUT2D eigenvalue weighted by Gasteiger charge is 2.37. The number of piperazine rings is 1. The summed E-state index contributed by atoms with van der Waals surface area (Å²) in [6.45, 7) is 5.60. The van der Waals surface area contributed by atoms with Gasteiger partial charge in [-0.3, -0.25) is 14.6 Å². The summed E-state index contributed by atoms with van der Waals surface area (Å²) in [6.07, 6.45) is 0. The fraction of sp³-hybridized carbons (Fsp3) is 0.389. The van der Waals surface area contributed by atoms with Crippen molar-refractivity contribution in [2.75, 3.05) is 31.6 Å². The lowest BCUT2D eigenvalue weighted by Gasteiger charge is -2.48. The number of carbonyl (C=O) groups excluding carboxylic acids is 1. The molecule has 0 unspecified atom stereocenters. The van der Waals surface area contributed by atoms with Crippen LogP contribution >= 0.6 is 0 Å². The number of amides is 1. The van der Waals surface area contributed by atoms with E-state index in [1.165, 1.54) is 0 Å². The predicted molar refractivity (Wildman–Crippen MR) is 98.0 cm³/mol. The van der Waals surface area contributed by atoms with Gasteiger partial charge in [0, 0.05) is 25.7 Å². The number of anilines is 1. The molecule has 2 heterocycles. The highest BCUT2D eigenvalue weighted by Crippen LogP contribution is 2.34. The van der Waals surface area contributed by atoms with E-state index in [0.717, 1.165) is 17.5 Å². The Morgan fingerprint density at radius 2 is 1.88 bits per heavy atom. The molecule has 0 aliphatic carbocycles. The van der Waals surface area contributed by atoms with Crippen LogP contribution < -0.4 is 20.9 Å². The van der Waals surface area contributed by atoms with Crippen LogP contribution in [0.3, 0.4) is 0 Å². The van der Waals surface area contributed by atoms with E-state index in [9.17, 15) is 14.4 Å². The second-order valence-corrected chi connectivity index (χ2v) is 6.86. The fourth-order valence-electron chi connectivity index (χ4n) is 3.38. The maximum absolute atomic E-state index is 12.7. The standard InChI is InChI=1S/C18H22N4O4/c1-18(2)11-21(16(24)12-10-15(23)20-17(25)19-12)8-9-22(18)13-6-4-5-7-14(13)26-3/h4-7,10H,8-9,11H2,1-3H3,(H2,19,20,23,25). The van der Waals surface area contributed by atoms with Gasteiger partial charge in [-0.15, -0.1) is 0 Å². The number of methoxy groups -OCH3 is 1. The summed E-state index contributed by atoms with van der Waals surface area (Å²) in [6, 6.07) is 8.88. The monoisotopic (exact) mass is 358 g/mol. The molecular weight excluding hydrogens is 336 g/mol. The molecule has 0 saturated carbocycles. The molecule has 1 aliphatic rings. The summed E-state index contributed by atoms with van der Waals surface area (Å²) >= 11 is 0. The molecule has 1 aliphatic heterocycles. The molecule has 1 amide bonds. The van der Waals surface area contributed by atoms with E-state index >= 15 is 0 Å². The van der Waals surface area contributed by atoms with Crippen LogP contribution in [0.5, 0.6) is 5.75 Å². The maximum Gasteiger partial charge on any atom is 0.326 e. The van der Waals surface area contributed by atoms with Gasteiger partial charge in [0.15, 0.2) is 0 Å². The Morgan fingerprint density at radius 1 is 1.15 bits per heavy atom. The summed E-state index contributed by atoms with van der Waals surface area (Å²) < 4.78 is 5.46. The van der Waals surface area contributed by atoms with Gasteiger partial charge < -0.3 is 19.5 Å². The second kappa shape index (κ2) is 6.70. The van der Waals surface area contributed by atoms with Gasteiger partial charge in [0.05, 0.1) is 18.3 Å². The molecule has 1 saturated heterocycles. The average Bonchev–Trinajstić information content (AvgIpc) is 2.59. The molecule has 0 bridgehead atoms. The SMILES string of the molecule is COc1ccccc1N1CCN(C(=O)c2cc(=O)[nH]c(=O)[nH]2)CC1(C)C. The minimum atomic E-state index is -0.687. The Labute approximate surface area is 150 Å². The molecule has 8 heteroatoms. The summed E-state index contributed by atoms with van der Waals surface area (Å²) in [5, 5.41) is 0. The molecule has 3 rings (SSSR count). The molecule has 26 heavy (non-hydrogen) atoms. The summed E-state index contributed by atoms with van der Waals surface area (Å²) in [5.41, 5.74) is -0.668. The van der Waals surface area contributed by atoms with Crippen molar-refractivity contribution >= 4 is 11.6 Å². The van der Waals surface area contributed by atoms with Gasteiger partial charge in [-0.2, -0.15) is 0 Å². The quantitative estimate of drug-likeness (QED) is 0.846. The first-order chi connectivity index (χ1) is 12.3. The number of hydrogen-bond acceptors (Lipinski definition) is 5. The van der Waals surface area contributed by atoms with Crippen LogP contribution in [0, 0.1) is 0 Å². The number of ether oxygens (including phenoxy) is 1. The number of aromatic amines is 2. The molecule has 2 aromatic rings. The number of nitrogens with one attached hydrogen (secondary N) is 2. The first kappa shape index (κ1) is 17.8. The minimum Gasteiger partial charge on any atom is -0.495 e. The zero-order valence-corrected chi connectivity index (χ0v) is 15.0. The van der Waals surface area contributed by atoms with Crippen LogP contribution in [-0.2, 0) is 0 Å². The Balaban J connectivity index is 1.85. The van der Waals surface area contributed by atoms with Crippen molar-refractivity contribution in [1.29, 1.82) is 0 Å². The number of rotatable bonds is 3. The van der Waals surface area contributed by atoms with Crippen molar-refractivity contribution in [3.8, 4) is 5.75 Å². The third-order valence-corrected chi connectivity index (χ3v) is 4.56. The third-order valence-electron chi connectivity index (χ3n) is 4.56. The molecule has 0 spiro atoms. The van der Waals surface area contributed by atoms with Crippen molar-refractivity contribution < 1.29 is 9.53 Å². The van der Waals surface area contributed by atoms with E-state index in [1.54, 1.807) is 12.0 Å². The van der Waals surface area contributed by atoms with Crippen molar-refractivity contribution in [1.82, 2.24) is 14.9 Å². The zero-order chi connectivity index (χ0) is 18.9. The average molecular weight is 358 g/mol. The van der Waals surface area contributed by atoms with Crippen molar-refractivity contribution in [3.05, 3.63) is 56.9 Å². The largest absolute Gasteiger partial charge is 0.495 e. The number of carbonyl (C=O) groups is 1. The molecule has 1 aromatic heterocycles. The summed E-state index contributed by atoms with van der Waals surface area (Å²) in [7, 11) is 1.63. The lowest BCUT2D eigenvalue weighted by atomic mass is 9.97. The minimum absolute atomic E-state index is 0.000270. The van der Waals surface area contributed by atoms with Gasteiger partial charge in [-0.05, 0) is 26.0 Å². The molecule has 0 atom stereocenters. The predicted octanol–water partition coefficient (Wildman–Crippen LogP) is 0.813. The molecule has 8 nitrogen and oxygen atoms in total. The Morgan fingerprint density at radius 3 is 2.54 bits per heavy atom. The van der Waals surface area contributed by atoms with Crippen LogP contribution in [0.25, 0.3) is 0 Å². The topological polar surface area (TPSA) is 98.5 Å². The van der Waals surface area contributed by atoms with E-state index in [0.29, 0.717) is 19.6 Å². The van der Waals surface area contributed by atoms with Gasteiger partial charge in [-0.1, -0.05) is 12.1 Å². The van der Waals surface area contributed by atoms with Gasteiger partial charge in [0.2, 0.25) is 0 Å². The lowest BCUT2D eigenvalue weighted by molar-refractivity contribution is 0.0679. The van der Waals surface area contributed by atoms with Crippen molar-refractivity contribution in [2.24, 2.45) is 0 Å². The van der Waals surface area contributed by atoms with E-state index in [4.69, 9.17) is 4.74 Å². The van der Waals surface area contributed by atoms with Crippen molar-refractivity contribution in [2.45, 2.75) is 19.4 Å². The van der Waals surface area contributed by atoms with Crippen LogP contribution in [0.1, 0.15) is 24.3 Å². The maximum atomic E-state index is 12.7. The Bertz CT molecular complexity index is 903. The summed E-state index contributed by atoms with van der Waals surface area (Å²) in [5.74, 6) is 0.417. The lowest BCUT2D eigenvalue weighted by Crippen LogP contribution is -2.61. The van der Waals surface area contributed by atoms with Crippen LogP contribution in [0.15, 0.2) is 39.9 Å². The van der Waals surface area contributed by atoms with Gasteiger partial charge >= 0.3 is 5.69 Å². The number of para-hydroxylation sites is 2. The fourth-order valence-corrected chi connectivity index (χ4v) is 3.38. The van der Waals surface area contributed by atoms with Crippen LogP contribution in [-0.4, -0.2) is 53.1 Å². The van der Waals surface area contributed by atoms with E-state index in [2.05, 4.69) is 14.9 Å². The Hall–Kier alpha value is -3.03. The third kappa shape index (κ3) is 3.35. The number of hydrogen-bond donors (Lipinski definition) is 2. The highest BCUT2D eigenvalue weighted by molar-refractivity contribution is 5.92. The highest BCUT2D eigenvalue weighted by atomic mass is 16.5. The molecule has 0 radical (unpaired) electrons. The van der Waals surface area contributed by atoms with Crippen molar-refractivity contribution in [3.63, 3.8) is 0 Å². The van der Waals surface area contributed by atoms with Gasteiger partial charge in [0.25, 0.3) is 11.5 Å². The molecule has 1 aromatic carbocycles. The van der Waals surface area contributed by atoms with E-state index < -0.39 is 11.2 Å². The first-order valence-corrected chi connectivity index (χ1v) is 8.35. The van der Waals surface area contributed by atoms with Crippen LogP contribution in [0.4, 0.5) is 5.69 Å². The normalized spacial score (nSPS) is 16.4. The van der Waals surface area contributed by atoms with Crippen LogP contribution in [0.2, 0.25) is 0 Å². The molecule has 138 valence electrons. The molecular formula is C18H22N4O4.